The molecule has 0 unspecified atom stereocenters. The van der Waals surface area contributed by atoms with Crippen LogP contribution in [0.15, 0.2) is 18.2 Å². The van der Waals surface area contributed by atoms with Gasteiger partial charge in [-0.25, -0.2) is 0 Å². The van der Waals surface area contributed by atoms with E-state index >= 15 is 0 Å². The molecular weight excluding hydrogens is 356 g/mol. The van der Waals surface area contributed by atoms with Gasteiger partial charge in [0.15, 0.2) is 0 Å². The number of anilines is 1. The first-order chi connectivity index (χ1) is 12.8. The lowest BCUT2D eigenvalue weighted by atomic mass is 9.94. The molecule has 1 aromatic carbocycles. The molecule has 0 saturated carbocycles. The maximum absolute atomic E-state index is 13.0. The normalized spacial score (nSPS) is 14.0. The van der Waals surface area contributed by atoms with Gasteiger partial charge in [-0.3, -0.25) is 4.79 Å². The van der Waals surface area contributed by atoms with Gasteiger partial charge in [-0.1, -0.05) is 27.2 Å². The van der Waals surface area contributed by atoms with E-state index in [1.54, 1.807) is 7.11 Å². The van der Waals surface area contributed by atoms with Crippen molar-refractivity contribution in [3.05, 3.63) is 45.3 Å². The lowest BCUT2D eigenvalue weighted by molar-refractivity contribution is 0.102. The third-order valence-electron chi connectivity index (χ3n) is 4.98. The van der Waals surface area contributed by atoms with E-state index in [9.17, 15) is 10.1 Å². The molecule has 1 aliphatic rings. The van der Waals surface area contributed by atoms with E-state index < -0.39 is 0 Å². The zero-order chi connectivity index (χ0) is 19.6. The smallest absolute Gasteiger partial charge is 0.260 e. The first-order valence-corrected chi connectivity index (χ1v) is 10.2. The predicted octanol–water partition coefficient (Wildman–Crippen LogP) is 5.45. The highest BCUT2D eigenvalue weighted by atomic mass is 32.1. The van der Waals surface area contributed by atoms with Crippen LogP contribution in [0.25, 0.3) is 0 Å². The molecule has 1 N–H and O–H groups in total. The Bertz CT molecular complexity index is 900. The Morgan fingerprint density at radius 1 is 1.15 bits per heavy atom. The number of ether oxygens (including phenoxy) is 1. The third-order valence-corrected chi connectivity index (χ3v) is 6.45. The Labute approximate surface area is 165 Å². The molecule has 5 heteroatoms. The summed E-state index contributed by atoms with van der Waals surface area (Å²) >= 11 is 1.46. The van der Waals surface area contributed by atoms with Gasteiger partial charge in [0.1, 0.15) is 16.8 Å². The number of fused-ring (bicyclic) bond motifs is 1. The standard InChI is InChI=1S/C22H26N2O2S/c1-22(2,3)19-12-16(13-23)21(27-19)24-20(25)17-10-14-8-6-5-7-9-15(14)11-18(17)26-4/h10-12H,5-9H2,1-4H3,(H,24,25). The number of nitrogens with zero attached hydrogens (tertiary/aromatic N) is 1. The van der Waals surface area contributed by atoms with Gasteiger partial charge in [0.05, 0.1) is 18.2 Å². The minimum atomic E-state index is -0.224. The highest BCUT2D eigenvalue weighted by Gasteiger charge is 2.23. The molecule has 2 aromatic rings. The number of carbonyl (C=O) groups is 1. The van der Waals surface area contributed by atoms with Crippen molar-refractivity contribution in [1.82, 2.24) is 0 Å². The molecule has 4 nitrogen and oxygen atoms in total. The van der Waals surface area contributed by atoms with Gasteiger partial charge >= 0.3 is 0 Å². The number of nitrogens with one attached hydrogen (secondary N) is 1. The maximum atomic E-state index is 13.0. The van der Waals surface area contributed by atoms with E-state index in [1.165, 1.54) is 35.3 Å². The van der Waals surface area contributed by atoms with Crippen LogP contribution >= 0.6 is 11.3 Å². The fourth-order valence-corrected chi connectivity index (χ4v) is 4.45. The van der Waals surface area contributed by atoms with Crippen LogP contribution in [0.2, 0.25) is 0 Å². The fourth-order valence-electron chi connectivity index (χ4n) is 3.39. The summed E-state index contributed by atoms with van der Waals surface area (Å²) in [6.45, 7) is 6.29. The second kappa shape index (κ2) is 7.74. The molecule has 0 fully saturated rings. The summed E-state index contributed by atoms with van der Waals surface area (Å²) in [5.41, 5.74) is 3.49. The highest BCUT2D eigenvalue weighted by Crippen LogP contribution is 2.36. The van der Waals surface area contributed by atoms with Gasteiger partial charge < -0.3 is 10.1 Å². The molecule has 0 atom stereocenters. The molecule has 0 saturated heterocycles. The largest absolute Gasteiger partial charge is 0.496 e. The topological polar surface area (TPSA) is 62.1 Å². The second-order valence-corrected chi connectivity index (χ2v) is 9.10. The zero-order valence-electron chi connectivity index (χ0n) is 16.4. The summed E-state index contributed by atoms with van der Waals surface area (Å²) < 4.78 is 5.50. The number of hydrogen-bond donors (Lipinski definition) is 1. The number of hydrogen-bond acceptors (Lipinski definition) is 4. The highest BCUT2D eigenvalue weighted by molar-refractivity contribution is 7.16. The van der Waals surface area contributed by atoms with Crippen molar-refractivity contribution in [3.8, 4) is 11.8 Å². The minimum Gasteiger partial charge on any atom is -0.496 e. The molecule has 0 bridgehead atoms. The van der Waals surface area contributed by atoms with Crippen LogP contribution in [0.3, 0.4) is 0 Å². The summed E-state index contributed by atoms with van der Waals surface area (Å²) in [4.78, 5) is 14.1. The number of nitriles is 1. The maximum Gasteiger partial charge on any atom is 0.260 e. The summed E-state index contributed by atoms with van der Waals surface area (Å²) in [6, 6.07) is 8.05. The van der Waals surface area contributed by atoms with E-state index in [-0.39, 0.29) is 11.3 Å². The molecule has 1 aliphatic carbocycles. The minimum absolute atomic E-state index is 0.0684. The molecule has 27 heavy (non-hydrogen) atoms. The monoisotopic (exact) mass is 382 g/mol. The molecule has 1 aromatic heterocycles. The third kappa shape index (κ3) is 4.17. The van der Waals surface area contributed by atoms with Crippen LogP contribution in [0.5, 0.6) is 5.75 Å². The summed E-state index contributed by atoms with van der Waals surface area (Å²) in [5, 5.41) is 13.0. The van der Waals surface area contributed by atoms with Gasteiger partial charge in [-0.15, -0.1) is 11.3 Å². The van der Waals surface area contributed by atoms with Gasteiger partial charge in [0.25, 0.3) is 5.91 Å². The summed E-state index contributed by atoms with van der Waals surface area (Å²) in [6.07, 6.45) is 5.58. The number of aryl methyl sites for hydroxylation is 2. The summed E-state index contributed by atoms with van der Waals surface area (Å²) in [5.74, 6) is 0.372. The van der Waals surface area contributed by atoms with Crippen LogP contribution < -0.4 is 10.1 Å². The number of thiophene rings is 1. The number of methoxy groups -OCH3 is 1. The Balaban J connectivity index is 1.94. The molecule has 1 heterocycles. The molecule has 0 radical (unpaired) electrons. The van der Waals surface area contributed by atoms with E-state index in [1.807, 2.05) is 18.2 Å². The van der Waals surface area contributed by atoms with Crippen molar-refractivity contribution in [3.63, 3.8) is 0 Å². The van der Waals surface area contributed by atoms with Gasteiger partial charge in [-0.05, 0) is 60.4 Å². The second-order valence-electron chi connectivity index (χ2n) is 8.05. The van der Waals surface area contributed by atoms with Crippen LogP contribution in [-0.4, -0.2) is 13.0 Å². The molecule has 3 rings (SSSR count). The molecule has 142 valence electrons. The Morgan fingerprint density at radius 3 is 2.41 bits per heavy atom. The first kappa shape index (κ1) is 19.4. The molecule has 0 spiro atoms. The SMILES string of the molecule is COc1cc2c(cc1C(=O)Nc1sc(C(C)(C)C)cc1C#N)CCCCC2. The van der Waals surface area contributed by atoms with Crippen LogP contribution in [0.1, 0.15) is 72.0 Å². The van der Waals surface area contributed by atoms with Crippen molar-refractivity contribution < 1.29 is 9.53 Å². The lowest BCUT2D eigenvalue weighted by Crippen LogP contribution is -2.14. The van der Waals surface area contributed by atoms with Crippen molar-refractivity contribution in [2.75, 3.05) is 12.4 Å². The van der Waals surface area contributed by atoms with E-state index in [2.05, 4.69) is 32.2 Å². The quantitative estimate of drug-likeness (QED) is 0.718. The van der Waals surface area contributed by atoms with Gasteiger partial charge in [0.2, 0.25) is 0 Å². The zero-order valence-corrected chi connectivity index (χ0v) is 17.3. The van der Waals surface area contributed by atoms with Crippen LogP contribution in [0, 0.1) is 11.3 Å². The van der Waals surface area contributed by atoms with Crippen molar-refractivity contribution in [2.45, 2.75) is 58.3 Å². The fraction of sp³-hybridized carbons (Fsp3) is 0.455. The van der Waals surface area contributed by atoms with E-state index in [0.29, 0.717) is 21.9 Å². The first-order valence-electron chi connectivity index (χ1n) is 9.39. The average Bonchev–Trinajstić information content (AvgIpc) is 2.90. The number of amides is 1. The Hall–Kier alpha value is -2.32. The van der Waals surface area contributed by atoms with Gasteiger partial charge in [0, 0.05) is 4.88 Å². The van der Waals surface area contributed by atoms with Gasteiger partial charge in [-0.2, -0.15) is 5.26 Å². The van der Waals surface area contributed by atoms with Crippen LogP contribution in [0.4, 0.5) is 5.00 Å². The van der Waals surface area contributed by atoms with Crippen molar-refractivity contribution in [1.29, 1.82) is 5.26 Å². The molecule has 1 amide bonds. The number of rotatable bonds is 3. The average molecular weight is 383 g/mol. The van der Waals surface area contributed by atoms with Crippen LogP contribution in [-0.2, 0) is 18.3 Å². The number of benzene rings is 1. The van der Waals surface area contributed by atoms with E-state index in [0.717, 1.165) is 24.1 Å². The Morgan fingerprint density at radius 2 is 1.81 bits per heavy atom. The van der Waals surface area contributed by atoms with Crippen molar-refractivity contribution >= 4 is 22.2 Å². The van der Waals surface area contributed by atoms with E-state index in [4.69, 9.17) is 4.74 Å². The molecular formula is C22H26N2O2S. The Kier molecular flexibility index (Phi) is 5.57. The number of carbonyl (C=O) groups excluding carboxylic acids is 1. The predicted molar refractivity (Wildman–Crippen MR) is 110 cm³/mol. The van der Waals surface area contributed by atoms with Crippen molar-refractivity contribution in [2.24, 2.45) is 0 Å². The lowest BCUT2D eigenvalue weighted by Gasteiger charge is -2.15. The molecule has 0 aliphatic heterocycles. The summed E-state index contributed by atoms with van der Waals surface area (Å²) in [7, 11) is 1.60.